The van der Waals surface area contributed by atoms with E-state index in [-0.39, 0.29) is 6.04 Å². The quantitative estimate of drug-likeness (QED) is 0.199. The zero-order chi connectivity index (χ0) is 24.1. The van der Waals surface area contributed by atoms with E-state index < -0.39 is 0 Å². The lowest BCUT2D eigenvalue weighted by Crippen LogP contribution is -2.46. The molecule has 1 aliphatic heterocycles. The lowest BCUT2D eigenvalue weighted by atomic mass is 9.94. The summed E-state index contributed by atoms with van der Waals surface area (Å²) in [6.45, 7) is 7.34. The molecule has 0 saturated heterocycles. The molecule has 0 aliphatic carbocycles. The molecule has 0 radical (unpaired) electrons. The van der Waals surface area contributed by atoms with E-state index in [2.05, 4.69) is 90.9 Å². The number of rotatable bonds is 9. The summed E-state index contributed by atoms with van der Waals surface area (Å²) < 4.78 is 5.86. The topological polar surface area (TPSA) is 54.2 Å². The standard InChI is InChI=1S/C27H32N4OS2/c1-5-7-8-17-31-18(3)23(24(28-27(31)33)20-13-15-22(34-4)16-14-20)26-29-25(30-32-26)21-11-9-19(6-2)10-12-21/h9-16,24H,5-8,17H2,1-4H3,(H,28,33). The fourth-order valence-corrected chi connectivity index (χ4v) is 4.99. The molecule has 3 aromatic rings. The third-order valence-corrected chi connectivity index (χ3v) is 7.39. The molecular formula is C27H32N4OS2. The maximum Gasteiger partial charge on any atom is 0.258 e. The summed E-state index contributed by atoms with van der Waals surface area (Å²) in [4.78, 5) is 8.22. The van der Waals surface area contributed by atoms with Crippen LogP contribution in [0, 0.1) is 0 Å². The summed E-state index contributed by atoms with van der Waals surface area (Å²) >= 11 is 7.53. The smallest absolute Gasteiger partial charge is 0.258 e. The Balaban J connectivity index is 1.74. The van der Waals surface area contributed by atoms with Crippen molar-refractivity contribution in [2.75, 3.05) is 12.8 Å². The van der Waals surface area contributed by atoms with Gasteiger partial charge in [0.25, 0.3) is 5.89 Å². The van der Waals surface area contributed by atoms with Crippen LogP contribution < -0.4 is 5.32 Å². The van der Waals surface area contributed by atoms with Crippen molar-refractivity contribution in [1.29, 1.82) is 0 Å². The zero-order valence-electron chi connectivity index (χ0n) is 20.3. The first-order valence-electron chi connectivity index (χ1n) is 11.9. The largest absolute Gasteiger partial charge is 0.351 e. The van der Waals surface area contributed by atoms with Crippen LogP contribution in [0.15, 0.2) is 63.6 Å². The van der Waals surface area contributed by atoms with Crippen LogP contribution in [0.4, 0.5) is 0 Å². The predicted molar refractivity (Wildman–Crippen MR) is 145 cm³/mol. The van der Waals surface area contributed by atoms with Crippen molar-refractivity contribution in [3.8, 4) is 11.4 Å². The lowest BCUT2D eigenvalue weighted by Gasteiger charge is -2.37. The molecule has 0 bridgehead atoms. The Morgan fingerprint density at radius 1 is 1.06 bits per heavy atom. The van der Waals surface area contributed by atoms with Crippen molar-refractivity contribution < 1.29 is 4.52 Å². The van der Waals surface area contributed by atoms with Gasteiger partial charge in [-0.05, 0) is 61.5 Å². The molecule has 34 heavy (non-hydrogen) atoms. The first-order chi connectivity index (χ1) is 16.5. The summed E-state index contributed by atoms with van der Waals surface area (Å²) in [5.74, 6) is 1.13. The van der Waals surface area contributed by atoms with Crippen molar-refractivity contribution in [1.82, 2.24) is 20.4 Å². The van der Waals surface area contributed by atoms with Gasteiger partial charge in [-0.2, -0.15) is 4.98 Å². The number of thiocarbonyl (C=S) groups is 1. The van der Waals surface area contributed by atoms with Crippen molar-refractivity contribution in [2.45, 2.75) is 57.4 Å². The first-order valence-corrected chi connectivity index (χ1v) is 13.5. The Hall–Kier alpha value is -2.64. The maximum absolute atomic E-state index is 5.86. The molecule has 2 aromatic carbocycles. The number of hydrogen-bond donors (Lipinski definition) is 1. The maximum atomic E-state index is 5.86. The summed E-state index contributed by atoms with van der Waals surface area (Å²) in [7, 11) is 0. The Kier molecular flexibility index (Phi) is 8.06. The molecule has 1 aromatic heterocycles. The molecule has 2 heterocycles. The highest BCUT2D eigenvalue weighted by Crippen LogP contribution is 2.38. The van der Waals surface area contributed by atoms with Crippen LogP contribution in [-0.2, 0) is 6.42 Å². The summed E-state index contributed by atoms with van der Waals surface area (Å²) in [6.07, 6.45) is 6.49. The van der Waals surface area contributed by atoms with Crippen LogP contribution in [0.3, 0.4) is 0 Å². The van der Waals surface area contributed by atoms with Crippen LogP contribution in [0.5, 0.6) is 0 Å². The van der Waals surface area contributed by atoms with E-state index in [9.17, 15) is 0 Å². The summed E-state index contributed by atoms with van der Waals surface area (Å²) in [5, 5.41) is 8.62. The Morgan fingerprint density at radius 3 is 2.44 bits per heavy atom. The molecule has 1 unspecified atom stereocenters. The van der Waals surface area contributed by atoms with E-state index in [0.29, 0.717) is 11.7 Å². The van der Waals surface area contributed by atoms with Crippen molar-refractivity contribution in [3.05, 3.63) is 71.2 Å². The number of thioether (sulfide) groups is 1. The van der Waals surface area contributed by atoms with Crippen LogP contribution in [0.2, 0.25) is 0 Å². The van der Waals surface area contributed by atoms with Crippen LogP contribution in [0.1, 0.15) is 63.1 Å². The number of allylic oxidation sites excluding steroid dienone is 1. The second-order valence-electron chi connectivity index (χ2n) is 8.49. The number of hydrogen-bond acceptors (Lipinski definition) is 5. The van der Waals surface area contributed by atoms with E-state index in [4.69, 9.17) is 21.7 Å². The Bertz CT molecular complexity index is 1150. The third-order valence-electron chi connectivity index (χ3n) is 6.31. The summed E-state index contributed by atoms with van der Waals surface area (Å²) in [6, 6.07) is 16.8. The van der Waals surface area contributed by atoms with Gasteiger partial charge in [-0.1, -0.05) is 68.2 Å². The Morgan fingerprint density at radius 2 is 1.79 bits per heavy atom. The van der Waals surface area contributed by atoms with Crippen LogP contribution in [-0.4, -0.2) is 33.0 Å². The molecule has 0 fully saturated rings. The molecule has 0 saturated carbocycles. The average Bonchev–Trinajstić information content (AvgIpc) is 3.35. The van der Waals surface area contributed by atoms with E-state index in [1.54, 1.807) is 11.8 Å². The normalized spacial score (nSPS) is 16.2. The van der Waals surface area contributed by atoms with Crippen molar-refractivity contribution in [3.63, 3.8) is 0 Å². The minimum atomic E-state index is -0.151. The molecule has 5 nitrogen and oxygen atoms in total. The Labute approximate surface area is 212 Å². The molecule has 0 spiro atoms. The molecule has 178 valence electrons. The fraction of sp³-hybridized carbons (Fsp3) is 0.370. The highest BCUT2D eigenvalue weighted by atomic mass is 32.2. The van der Waals surface area contributed by atoms with Gasteiger partial charge < -0.3 is 14.7 Å². The molecule has 1 aliphatic rings. The van der Waals surface area contributed by atoms with Crippen molar-refractivity contribution in [2.24, 2.45) is 0 Å². The van der Waals surface area contributed by atoms with E-state index in [1.165, 1.54) is 16.9 Å². The van der Waals surface area contributed by atoms with E-state index >= 15 is 0 Å². The van der Waals surface area contributed by atoms with Gasteiger partial charge in [0.2, 0.25) is 5.82 Å². The van der Waals surface area contributed by atoms with Gasteiger partial charge in [-0.3, -0.25) is 0 Å². The fourth-order valence-electron chi connectivity index (χ4n) is 4.23. The number of aryl methyl sites for hydroxylation is 1. The number of aromatic nitrogens is 2. The monoisotopic (exact) mass is 492 g/mol. The number of benzene rings is 2. The van der Waals surface area contributed by atoms with Gasteiger partial charge in [-0.15, -0.1) is 11.8 Å². The minimum Gasteiger partial charge on any atom is -0.351 e. The number of nitrogens with one attached hydrogen (secondary N) is 1. The SMILES string of the molecule is CCCCCN1C(=S)NC(c2ccc(SC)cc2)C(c2nc(-c3ccc(CC)cc3)no2)=C1C. The van der Waals surface area contributed by atoms with Gasteiger partial charge >= 0.3 is 0 Å². The van der Waals surface area contributed by atoms with Crippen molar-refractivity contribution >= 4 is 34.7 Å². The van der Waals surface area contributed by atoms with E-state index in [0.717, 1.165) is 53.3 Å². The average molecular weight is 493 g/mol. The number of unbranched alkanes of at least 4 members (excludes halogenated alkanes) is 2. The molecule has 7 heteroatoms. The van der Waals surface area contributed by atoms with Gasteiger partial charge in [-0.25, -0.2) is 0 Å². The molecule has 0 amide bonds. The lowest BCUT2D eigenvalue weighted by molar-refractivity contribution is 0.395. The predicted octanol–water partition coefficient (Wildman–Crippen LogP) is 6.87. The molecule has 1 atom stereocenters. The van der Waals surface area contributed by atoms with Gasteiger partial charge in [0.05, 0.1) is 11.6 Å². The molecule has 1 N–H and O–H groups in total. The van der Waals surface area contributed by atoms with Gasteiger partial charge in [0.1, 0.15) is 0 Å². The second-order valence-corrected chi connectivity index (χ2v) is 9.75. The van der Waals surface area contributed by atoms with Crippen LogP contribution >= 0.6 is 24.0 Å². The second kappa shape index (κ2) is 11.2. The van der Waals surface area contributed by atoms with Gasteiger partial charge in [0, 0.05) is 22.7 Å². The highest BCUT2D eigenvalue weighted by molar-refractivity contribution is 7.98. The zero-order valence-corrected chi connectivity index (χ0v) is 21.9. The summed E-state index contributed by atoms with van der Waals surface area (Å²) in [5.41, 5.74) is 5.40. The minimum absolute atomic E-state index is 0.151. The van der Waals surface area contributed by atoms with E-state index in [1.807, 2.05) is 0 Å². The molecular weight excluding hydrogens is 460 g/mol. The van der Waals surface area contributed by atoms with Crippen LogP contribution in [0.25, 0.3) is 17.0 Å². The van der Waals surface area contributed by atoms with Gasteiger partial charge in [0.15, 0.2) is 5.11 Å². The number of nitrogens with zero attached hydrogens (tertiary/aromatic N) is 3. The third kappa shape index (κ3) is 5.20. The first kappa shape index (κ1) is 24.5. The highest BCUT2D eigenvalue weighted by Gasteiger charge is 2.33. The molecule has 4 rings (SSSR count).